The van der Waals surface area contributed by atoms with E-state index in [2.05, 4.69) is 11.7 Å². The van der Waals surface area contributed by atoms with Gasteiger partial charge in [-0.05, 0) is 6.08 Å². The third-order valence-corrected chi connectivity index (χ3v) is 0.0962. The minimum atomic E-state index is -4.17. The second-order valence-electron chi connectivity index (χ2n) is 0.887. The number of hydrogen-bond donors (Lipinski definition) is 3. The normalized spacial score (nSPS) is 7.80. The molecule has 62 valence electrons. The molecule has 0 aromatic rings. The predicted molar refractivity (Wildman–Crippen MR) is 37.0 cm³/mol. The Morgan fingerprint density at radius 3 is 1.60 bits per heavy atom. The van der Waals surface area contributed by atoms with Gasteiger partial charge in [-0.3, -0.25) is 9.35 Å². The quantitative estimate of drug-likeness (QED) is 0.271. The molecule has 7 heteroatoms. The van der Waals surface area contributed by atoms with Crippen molar-refractivity contribution >= 4 is 16.6 Å². The molecular formula is C3H10N2O4S. The molecule has 0 bridgehead atoms. The Kier molecular flexibility index (Phi) is 13.3. The molecule has 0 aromatic heterocycles. The Morgan fingerprint density at radius 1 is 1.50 bits per heavy atom. The van der Waals surface area contributed by atoms with Crippen LogP contribution in [-0.4, -0.2) is 19.3 Å². The molecule has 0 unspecified atom stereocenters. The van der Waals surface area contributed by atoms with Crippen molar-refractivity contribution in [2.75, 3.05) is 0 Å². The van der Waals surface area contributed by atoms with Crippen molar-refractivity contribution in [3.8, 4) is 0 Å². The Balaban J connectivity index is -0.0000000910. The van der Waals surface area contributed by atoms with Gasteiger partial charge >= 0.3 is 10.3 Å². The zero-order chi connectivity index (χ0) is 7.91. The van der Waals surface area contributed by atoms with Gasteiger partial charge in [0.15, 0.2) is 0 Å². The SMILES string of the molecule is C=CC=O.N.NS(=O)(=O)O. The number of carbonyl (C=O) groups is 1. The summed E-state index contributed by atoms with van der Waals surface area (Å²) in [5.74, 6) is 0. The fraction of sp³-hybridized carbons (Fsp3) is 0. The first-order valence-corrected chi connectivity index (χ1v) is 3.23. The highest BCUT2D eigenvalue weighted by atomic mass is 32.2. The number of rotatable bonds is 1. The van der Waals surface area contributed by atoms with Gasteiger partial charge in [0.2, 0.25) is 0 Å². The second kappa shape index (κ2) is 8.24. The first-order valence-electron chi connectivity index (χ1n) is 1.73. The van der Waals surface area contributed by atoms with Gasteiger partial charge < -0.3 is 6.15 Å². The highest BCUT2D eigenvalue weighted by Gasteiger charge is 1.81. The summed E-state index contributed by atoms with van der Waals surface area (Å²) in [6, 6.07) is 0. The molecule has 0 aliphatic heterocycles. The molecule has 0 aliphatic carbocycles. The summed E-state index contributed by atoms with van der Waals surface area (Å²) in [6.45, 7) is 3.11. The largest absolute Gasteiger partial charge is 0.344 e. The van der Waals surface area contributed by atoms with Crippen LogP contribution in [0.25, 0.3) is 0 Å². The molecule has 0 saturated carbocycles. The topological polar surface area (TPSA) is 132 Å². The number of nitrogens with two attached hydrogens (primary N) is 1. The zero-order valence-electron chi connectivity index (χ0n) is 5.23. The lowest BCUT2D eigenvalue weighted by atomic mass is 10.8. The maximum atomic E-state index is 9.06. The smallest absolute Gasteiger partial charge is 0.330 e. The van der Waals surface area contributed by atoms with Gasteiger partial charge in [0.1, 0.15) is 6.29 Å². The fourth-order valence-electron chi connectivity index (χ4n) is 0. The van der Waals surface area contributed by atoms with E-state index >= 15 is 0 Å². The van der Waals surface area contributed by atoms with Crippen molar-refractivity contribution in [2.24, 2.45) is 5.14 Å². The summed E-state index contributed by atoms with van der Waals surface area (Å²) >= 11 is 0. The van der Waals surface area contributed by atoms with Crippen LogP contribution in [-0.2, 0) is 15.1 Å². The van der Waals surface area contributed by atoms with E-state index in [4.69, 9.17) is 17.8 Å². The number of allylic oxidation sites excluding steroid dienone is 1. The average molecular weight is 170 g/mol. The zero-order valence-corrected chi connectivity index (χ0v) is 6.04. The van der Waals surface area contributed by atoms with Crippen LogP contribution < -0.4 is 11.3 Å². The molecule has 10 heavy (non-hydrogen) atoms. The molecule has 0 saturated heterocycles. The Labute approximate surface area is 59.2 Å². The summed E-state index contributed by atoms with van der Waals surface area (Å²) in [5.41, 5.74) is 0. The Morgan fingerprint density at radius 2 is 1.60 bits per heavy atom. The maximum absolute atomic E-state index is 9.06. The van der Waals surface area contributed by atoms with Gasteiger partial charge in [0.25, 0.3) is 0 Å². The lowest BCUT2D eigenvalue weighted by Crippen LogP contribution is -2.08. The first kappa shape index (κ1) is 16.1. The minimum Gasteiger partial charge on any atom is -0.344 e. The van der Waals surface area contributed by atoms with E-state index < -0.39 is 10.3 Å². The van der Waals surface area contributed by atoms with Crippen LogP contribution in [0.2, 0.25) is 0 Å². The lowest BCUT2D eigenvalue weighted by molar-refractivity contribution is -0.104. The van der Waals surface area contributed by atoms with E-state index in [1.54, 1.807) is 0 Å². The minimum absolute atomic E-state index is 0. The molecule has 0 spiro atoms. The van der Waals surface area contributed by atoms with Gasteiger partial charge in [-0.2, -0.15) is 8.42 Å². The van der Waals surface area contributed by atoms with E-state index in [1.165, 1.54) is 6.08 Å². The molecule has 6 nitrogen and oxygen atoms in total. The van der Waals surface area contributed by atoms with Gasteiger partial charge in [-0.25, -0.2) is 5.14 Å². The first-order chi connectivity index (χ1) is 3.91. The highest BCUT2D eigenvalue weighted by Crippen LogP contribution is 1.50. The second-order valence-corrected chi connectivity index (χ2v) is 1.92. The third-order valence-electron chi connectivity index (χ3n) is 0.0962. The van der Waals surface area contributed by atoms with E-state index in [0.29, 0.717) is 6.29 Å². The van der Waals surface area contributed by atoms with Gasteiger partial charge in [-0.15, -0.1) is 0 Å². The molecule has 0 radical (unpaired) electrons. The monoisotopic (exact) mass is 170 g/mol. The number of hydrogen-bond acceptors (Lipinski definition) is 4. The summed E-state index contributed by atoms with van der Waals surface area (Å²) < 4.78 is 25.2. The number of aldehydes is 1. The Bertz CT molecular complexity index is 159. The summed E-state index contributed by atoms with van der Waals surface area (Å²) in [6.07, 6.45) is 1.83. The fourth-order valence-corrected chi connectivity index (χ4v) is 0. The van der Waals surface area contributed by atoms with E-state index in [1.807, 2.05) is 0 Å². The molecule has 0 heterocycles. The predicted octanol–water partition coefficient (Wildman–Crippen LogP) is -0.719. The van der Waals surface area contributed by atoms with Crippen molar-refractivity contribution in [1.82, 2.24) is 6.15 Å². The van der Waals surface area contributed by atoms with E-state index in [0.717, 1.165) is 0 Å². The summed E-state index contributed by atoms with van der Waals surface area (Å²) in [4.78, 5) is 9.06. The molecule has 0 amide bonds. The van der Waals surface area contributed by atoms with Crippen LogP contribution in [0.1, 0.15) is 0 Å². The van der Waals surface area contributed by atoms with E-state index in [9.17, 15) is 0 Å². The van der Waals surface area contributed by atoms with Crippen molar-refractivity contribution in [3.05, 3.63) is 12.7 Å². The van der Waals surface area contributed by atoms with Gasteiger partial charge in [-0.1, -0.05) is 6.58 Å². The average Bonchev–Trinajstić information content (AvgIpc) is 1.61. The van der Waals surface area contributed by atoms with Crippen molar-refractivity contribution in [1.29, 1.82) is 0 Å². The molecular weight excluding hydrogens is 160 g/mol. The van der Waals surface area contributed by atoms with Crippen LogP contribution in [0.4, 0.5) is 0 Å². The lowest BCUT2D eigenvalue weighted by Gasteiger charge is -1.70. The van der Waals surface area contributed by atoms with E-state index in [-0.39, 0.29) is 6.15 Å². The highest BCUT2D eigenvalue weighted by molar-refractivity contribution is 7.83. The van der Waals surface area contributed by atoms with Crippen LogP contribution >= 0.6 is 0 Å². The van der Waals surface area contributed by atoms with Crippen molar-refractivity contribution in [3.63, 3.8) is 0 Å². The van der Waals surface area contributed by atoms with Gasteiger partial charge in [0.05, 0.1) is 0 Å². The molecule has 0 rings (SSSR count). The van der Waals surface area contributed by atoms with Crippen molar-refractivity contribution < 1.29 is 17.8 Å². The van der Waals surface area contributed by atoms with Crippen molar-refractivity contribution in [2.45, 2.75) is 0 Å². The summed E-state index contributed by atoms with van der Waals surface area (Å²) in [7, 11) is -4.17. The number of carbonyl (C=O) groups excluding carboxylic acids is 1. The standard InChI is InChI=1S/C3H4O.H3NO3S.H3N/c1-2-3-4;1-5(2,3)4;/h2-3H,1H2;(H3,1,2,3,4);1H3. The van der Waals surface area contributed by atoms with Crippen LogP contribution in [0.15, 0.2) is 12.7 Å². The van der Waals surface area contributed by atoms with Crippen LogP contribution in [0.3, 0.4) is 0 Å². The molecule has 0 aromatic carbocycles. The maximum Gasteiger partial charge on any atom is 0.330 e. The Hall–Kier alpha value is -0.760. The molecule has 0 aliphatic rings. The van der Waals surface area contributed by atoms with Crippen LogP contribution in [0.5, 0.6) is 0 Å². The van der Waals surface area contributed by atoms with Gasteiger partial charge in [0, 0.05) is 0 Å². The molecule has 6 N–H and O–H groups in total. The molecule has 0 fully saturated rings. The summed E-state index contributed by atoms with van der Waals surface area (Å²) in [5, 5.41) is 3.88. The van der Waals surface area contributed by atoms with Crippen LogP contribution in [0, 0.1) is 0 Å². The third kappa shape index (κ3) is 4890. The molecule has 0 atom stereocenters.